The average Bonchev–Trinajstić information content (AvgIpc) is 3.68. The maximum atomic E-state index is 15.7. The maximum Gasteiger partial charge on any atom is 0.260 e. The average molecular weight is 863 g/mol. The van der Waals surface area contributed by atoms with Crippen LogP contribution in [0.3, 0.4) is 0 Å². The van der Waals surface area contributed by atoms with Crippen molar-refractivity contribution in [2.75, 3.05) is 17.4 Å². The number of amides is 4. The fraction of sp³-hybridized carbons (Fsp3) is 0.180. The number of hydrazine groups is 1. The number of hydrogen-bond acceptors (Lipinski definition) is 8. The zero-order valence-corrected chi connectivity index (χ0v) is 34.6. The van der Waals surface area contributed by atoms with Gasteiger partial charge in [0.25, 0.3) is 11.8 Å². The standard InChI is InChI=1S/C50H37Cl2N3O7/c1-62-32-18-13-29(14-19-32)50-39(47(59)55(49(50)61)53-41-23-15-30(51)25-40(41)52)26-38-36(44(50)35-22-24-42(56)34-10-6-5-9-33(34)35)20-21-37-43(38)48(60)54(46(37)58)31-16-11-28(12-17-31)45(57)27-7-3-2-4-8-27/h2-20,22-25,37-39,43-44,53,56H,21,26H2,1H3. The normalized spacial score (nSPS) is 24.1. The van der Waals surface area contributed by atoms with Crippen LogP contribution in [0.15, 0.2) is 145 Å². The van der Waals surface area contributed by atoms with E-state index in [1.807, 2.05) is 30.3 Å². The first kappa shape index (κ1) is 39.4. The van der Waals surface area contributed by atoms with Crippen LogP contribution in [0.1, 0.15) is 45.8 Å². The molecule has 3 fully saturated rings. The third-order valence-corrected chi connectivity index (χ3v) is 13.8. The van der Waals surface area contributed by atoms with Gasteiger partial charge in [-0.2, -0.15) is 5.01 Å². The number of aromatic hydroxyl groups is 1. The van der Waals surface area contributed by atoms with Crippen LogP contribution in [0.25, 0.3) is 10.8 Å². The number of halogens is 2. The molecule has 0 radical (unpaired) electrons. The van der Waals surface area contributed by atoms with E-state index in [1.54, 1.807) is 110 Å². The molecule has 2 N–H and O–H groups in total. The Labute approximate surface area is 366 Å². The summed E-state index contributed by atoms with van der Waals surface area (Å²) < 4.78 is 5.53. The summed E-state index contributed by atoms with van der Waals surface area (Å²) in [5.41, 5.74) is 4.98. The SMILES string of the molecule is COc1ccc(C23C(=O)N(Nc4ccc(Cl)cc4Cl)C(=O)C2CC2C(=CCC4C(=O)N(c5ccc(C(=O)c6ccccc6)cc5)C(=O)C42)C3c2ccc(O)c3ccccc23)cc1. The Balaban J connectivity index is 1.13. The fourth-order valence-electron chi connectivity index (χ4n) is 10.5. The van der Waals surface area contributed by atoms with E-state index < -0.39 is 52.7 Å². The second kappa shape index (κ2) is 15.0. The van der Waals surface area contributed by atoms with Gasteiger partial charge in [-0.05, 0) is 95.9 Å². The van der Waals surface area contributed by atoms with Crippen LogP contribution < -0.4 is 15.1 Å². The van der Waals surface area contributed by atoms with Gasteiger partial charge in [-0.1, -0.05) is 108 Å². The number of carbonyl (C=O) groups excluding carboxylic acids is 5. The highest BCUT2D eigenvalue weighted by atomic mass is 35.5. The summed E-state index contributed by atoms with van der Waals surface area (Å²) in [6, 6.07) is 37.8. The predicted molar refractivity (Wildman–Crippen MR) is 235 cm³/mol. The third-order valence-electron chi connectivity index (χ3n) is 13.2. The van der Waals surface area contributed by atoms with Gasteiger partial charge < -0.3 is 9.84 Å². The lowest BCUT2D eigenvalue weighted by Gasteiger charge is -2.51. The zero-order valence-electron chi connectivity index (χ0n) is 33.1. The van der Waals surface area contributed by atoms with Crippen molar-refractivity contribution in [3.8, 4) is 11.5 Å². The Morgan fingerprint density at radius 1 is 0.758 bits per heavy atom. The van der Waals surface area contributed by atoms with Crippen LogP contribution in [0.2, 0.25) is 10.0 Å². The molecule has 0 bridgehead atoms. The first-order chi connectivity index (χ1) is 30.0. The van der Waals surface area contributed by atoms with E-state index in [1.165, 1.54) is 11.0 Å². The molecule has 6 aromatic carbocycles. The molecule has 0 spiro atoms. The fourth-order valence-corrected chi connectivity index (χ4v) is 11.0. The molecule has 308 valence electrons. The number of ketones is 1. The first-order valence-corrected chi connectivity index (χ1v) is 21.0. The van der Waals surface area contributed by atoms with E-state index in [0.29, 0.717) is 49.5 Å². The topological polar surface area (TPSA) is 133 Å². The Hall–Kier alpha value is -6.75. The molecule has 62 heavy (non-hydrogen) atoms. The summed E-state index contributed by atoms with van der Waals surface area (Å²) in [4.78, 5) is 74.8. The number of anilines is 2. The minimum Gasteiger partial charge on any atom is -0.507 e. The monoisotopic (exact) mass is 861 g/mol. The Bertz CT molecular complexity index is 2900. The van der Waals surface area contributed by atoms with Crippen molar-refractivity contribution >= 4 is 74.8 Å². The number of fused-ring (bicyclic) bond motifs is 5. The highest BCUT2D eigenvalue weighted by molar-refractivity contribution is 6.36. The number of methoxy groups -OCH3 is 1. The number of phenols is 1. The van der Waals surface area contributed by atoms with Crippen molar-refractivity contribution in [3.05, 3.63) is 177 Å². The van der Waals surface area contributed by atoms with Gasteiger partial charge in [0, 0.05) is 27.5 Å². The van der Waals surface area contributed by atoms with Crippen molar-refractivity contribution in [3.63, 3.8) is 0 Å². The molecule has 2 aliphatic carbocycles. The van der Waals surface area contributed by atoms with Crippen molar-refractivity contribution in [1.82, 2.24) is 5.01 Å². The van der Waals surface area contributed by atoms with E-state index in [-0.39, 0.29) is 41.0 Å². The van der Waals surface area contributed by atoms with Crippen molar-refractivity contribution in [2.45, 2.75) is 24.2 Å². The smallest absolute Gasteiger partial charge is 0.260 e. The first-order valence-electron chi connectivity index (χ1n) is 20.3. The second-order valence-electron chi connectivity index (χ2n) is 16.2. The molecule has 10 rings (SSSR count). The molecule has 2 heterocycles. The van der Waals surface area contributed by atoms with Crippen LogP contribution >= 0.6 is 23.2 Å². The van der Waals surface area contributed by atoms with Gasteiger partial charge in [0.2, 0.25) is 11.8 Å². The van der Waals surface area contributed by atoms with E-state index in [0.717, 1.165) is 10.6 Å². The van der Waals surface area contributed by atoms with Crippen LogP contribution in [0.4, 0.5) is 11.4 Å². The van der Waals surface area contributed by atoms with Crippen LogP contribution in [0, 0.1) is 23.7 Å². The molecule has 4 aliphatic rings. The van der Waals surface area contributed by atoms with Crippen molar-refractivity contribution < 1.29 is 33.8 Å². The van der Waals surface area contributed by atoms with Gasteiger partial charge in [0.05, 0.1) is 46.7 Å². The molecular formula is C50H37Cl2N3O7. The van der Waals surface area contributed by atoms with Crippen LogP contribution in [-0.4, -0.2) is 46.6 Å². The number of allylic oxidation sites excluding steroid dienone is 2. The quantitative estimate of drug-likeness (QED) is 0.0880. The largest absolute Gasteiger partial charge is 0.507 e. The third kappa shape index (κ3) is 5.88. The number of rotatable bonds is 8. The molecule has 6 atom stereocenters. The Morgan fingerprint density at radius 3 is 2.16 bits per heavy atom. The van der Waals surface area contributed by atoms with Gasteiger partial charge in [0.15, 0.2) is 5.78 Å². The molecule has 2 aliphatic heterocycles. The van der Waals surface area contributed by atoms with E-state index in [9.17, 15) is 19.5 Å². The minimum atomic E-state index is -1.59. The summed E-state index contributed by atoms with van der Waals surface area (Å²) in [7, 11) is 1.55. The lowest BCUT2D eigenvalue weighted by molar-refractivity contribution is -0.138. The zero-order chi connectivity index (χ0) is 43.0. The summed E-state index contributed by atoms with van der Waals surface area (Å²) in [6.45, 7) is 0. The number of ether oxygens (including phenoxy) is 1. The lowest BCUT2D eigenvalue weighted by Crippen LogP contribution is -2.53. The molecule has 6 aromatic rings. The molecule has 1 saturated carbocycles. The highest BCUT2D eigenvalue weighted by Gasteiger charge is 2.70. The molecule has 0 aromatic heterocycles. The van der Waals surface area contributed by atoms with Crippen molar-refractivity contribution in [1.29, 1.82) is 0 Å². The molecule has 6 unspecified atom stereocenters. The van der Waals surface area contributed by atoms with Gasteiger partial charge in [-0.25, -0.2) is 0 Å². The van der Waals surface area contributed by atoms with E-state index >= 15 is 9.59 Å². The number of nitrogens with one attached hydrogen (secondary N) is 1. The molecule has 2 saturated heterocycles. The molecule has 4 amide bonds. The number of phenolic OH excluding ortho intramolecular Hbond substituents is 1. The van der Waals surface area contributed by atoms with Crippen LogP contribution in [-0.2, 0) is 24.6 Å². The van der Waals surface area contributed by atoms with E-state index in [4.69, 9.17) is 27.9 Å². The number of carbonyl (C=O) groups is 5. The van der Waals surface area contributed by atoms with Gasteiger partial charge in [-0.3, -0.25) is 34.3 Å². The van der Waals surface area contributed by atoms with Crippen molar-refractivity contribution in [2.24, 2.45) is 23.7 Å². The molecule has 12 heteroatoms. The Kier molecular flexibility index (Phi) is 9.53. The number of hydrogen-bond donors (Lipinski definition) is 2. The lowest BCUT2D eigenvalue weighted by atomic mass is 9.49. The summed E-state index contributed by atoms with van der Waals surface area (Å²) in [6.07, 6.45) is 2.27. The Morgan fingerprint density at radius 2 is 1.45 bits per heavy atom. The van der Waals surface area contributed by atoms with Crippen LogP contribution in [0.5, 0.6) is 11.5 Å². The number of imide groups is 2. The second-order valence-corrected chi connectivity index (χ2v) is 17.0. The summed E-state index contributed by atoms with van der Waals surface area (Å²) in [5.74, 6) is -5.57. The maximum absolute atomic E-state index is 15.7. The van der Waals surface area contributed by atoms with Gasteiger partial charge in [-0.15, -0.1) is 0 Å². The van der Waals surface area contributed by atoms with Gasteiger partial charge in [0.1, 0.15) is 11.5 Å². The molecule has 10 nitrogen and oxygen atoms in total. The number of nitrogens with zero attached hydrogens (tertiary/aromatic N) is 2. The van der Waals surface area contributed by atoms with E-state index in [2.05, 4.69) is 5.43 Å². The molecular weight excluding hydrogens is 825 g/mol. The highest BCUT2D eigenvalue weighted by Crippen LogP contribution is 2.65. The summed E-state index contributed by atoms with van der Waals surface area (Å²) in [5, 5.41) is 13.9. The summed E-state index contributed by atoms with van der Waals surface area (Å²) >= 11 is 12.8. The predicted octanol–water partition coefficient (Wildman–Crippen LogP) is 9.28. The number of benzene rings is 6. The minimum absolute atomic E-state index is 0.0441. The van der Waals surface area contributed by atoms with Gasteiger partial charge >= 0.3 is 0 Å².